The van der Waals surface area contributed by atoms with Crippen molar-refractivity contribution in [3.63, 3.8) is 0 Å². The zero-order valence-electron chi connectivity index (χ0n) is 21.4. The lowest BCUT2D eigenvalue weighted by Crippen LogP contribution is -2.47. The topological polar surface area (TPSA) is 73.0 Å². The SMILES string of the molecule is CCOC(=O)N1CCc2c([nH]c3ccc(Cl)cc23)[C@@H]1C1(C)C=CC(OCC2COC(C)(C)OC2)=CC1. The zero-order valence-corrected chi connectivity index (χ0v) is 22.2. The Bertz CT molecular complexity index is 1190. The molecule has 8 heteroatoms. The van der Waals surface area contributed by atoms with Crippen molar-refractivity contribution in [2.24, 2.45) is 11.3 Å². The first-order valence-electron chi connectivity index (χ1n) is 12.7. The van der Waals surface area contributed by atoms with E-state index in [0.29, 0.717) is 38.0 Å². The summed E-state index contributed by atoms with van der Waals surface area (Å²) >= 11 is 6.32. The Labute approximate surface area is 217 Å². The molecule has 2 aromatic rings. The molecule has 7 nitrogen and oxygen atoms in total. The van der Waals surface area contributed by atoms with Crippen molar-refractivity contribution in [1.82, 2.24) is 9.88 Å². The maximum Gasteiger partial charge on any atom is 0.410 e. The highest BCUT2D eigenvalue weighted by Crippen LogP contribution is 2.49. The Morgan fingerprint density at radius 1 is 1.25 bits per heavy atom. The number of hydrogen-bond acceptors (Lipinski definition) is 5. The zero-order chi connectivity index (χ0) is 25.5. The van der Waals surface area contributed by atoms with Crippen LogP contribution in [0.3, 0.4) is 0 Å². The van der Waals surface area contributed by atoms with E-state index in [0.717, 1.165) is 35.2 Å². The van der Waals surface area contributed by atoms with Crippen molar-refractivity contribution in [3.05, 3.63) is 58.5 Å². The number of aromatic nitrogens is 1. The van der Waals surface area contributed by atoms with Crippen LogP contribution in [-0.2, 0) is 25.4 Å². The van der Waals surface area contributed by atoms with Crippen LogP contribution < -0.4 is 0 Å². The Kier molecular flexibility index (Phi) is 6.83. The fourth-order valence-electron chi connectivity index (χ4n) is 5.43. The number of benzene rings is 1. The summed E-state index contributed by atoms with van der Waals surface area (Å²) in [4.78, 5) is 18.5. The number of aromatic amines is 1. The van der Waals surface area contributed by atoms with Crippen molar-refractivity contribution < 1.29 is 23.7 Å². The lowest BCUT2D eigenvalue weighted by Gasteiger charge is -2.45. The van der Waals surface area contributed by atoms with Gasteiger partial charge in [0.1, 0.15) is 5.76 Å². The van der Waals surface area contributed by atoms with Crippen LogP contribution in [0, 0.1) is 11.3 Å². The first-order valence-corrected chi connectivity index (χ1v) is 13.1. The molecule has 194 valence electrons. The molecule has 0 radical (unpaired) electrons. The van der Waals surface area contributed by atoms with Crippen LogP contribution in [0.5, 0.6) is 0 Å². The van der Waals surface area contributed by atoms with Crippen molar-refractivity contribution in [2.75, 3.05) is 33.0 Å². The number of amides is 1. The number of allylic oxidation sites excluding steroid dienone is 2. The highest BCUT2D eigenvalue weighted by molar-refractivity contribution is 6.31. The molecule has 1 aromatic heterocycles. The van der Waals surface area contributed by atoms with Crippen LogP contribution in [0.25, 0.3) is 10.9 Å². The first kappa shape index (κ1) is 25.2. The Morgan fingerprint density at radius 2 is 2.03 bits per heavy atom. The van der Waals surface area contributed by atoms with Crippen molar-refractivity contribution >= 4 is 28.6 Å². The average molecular weight is 515 g/mol. The van der Waals surface area contributed by atoms with E-state index in [1.807, 2.05) is 49.9 Å². The summed E-state index contributed by atoms with van der Waals surface area (Å²) in [5, 5.41) is 1.83. The highest BCUT2D eigenvalue weighted by Gasteiger charge is 2.45. The maximum absolute atomic E-state index is 13.0. The predicted octanol–water partition coefficient (Wildman–Crippen LogP) is 6.14. The third-order valence-electron chi connectivity index (χ3n) is 7.41. The number of carbonyl (C=O) groups is 1. The number of halogens is 1. The standard InChI is InChI=1S/C28H35ClN2O5/c1-5-33-26(32)31-13-10-21-22-14-19(29)6-7-23(22)30-24(21)25(31)28(4)11-8-20(9-12-28)34-15-18-16-35-27(2,3)36-17-18/h6-9,11,14,18,25,30H,5,10,12-13,15-17H2,1-4H3/t25-,28?/m1/s1. The van der Waals surface area contributed by atoms with E-state index in [9.17, 15) is 4.79 Å². The second-order valence-corrected chi connectivity index (χ2v) is 11.0. The first-order chi connectivity index (χ1) is 17.2. The molecule has 1 fully saturated rings. The van der Waals surface area contributed by atoms with Gasteiger partial charge in [0, 0.05) is 39.5 Å². The van der Waals surface area contributed by atoms with Gasteiger partial charge in [-0.1, -0.05) is 24.6 Å². The van der Waals surface area contributed by atoms with E-state index in [1.54, 1.807) is 0 Å². The Hall–Kier alpha value is -2.48. The fourth-order valence-corrected chi connectivity index (χ4v) is 5.60. The van der Waals surface area contributed by atoms with Crippen LogP contribution in [0.4, 0.5) is 4.79 Å². The largest absolute Gasteiger partial charge is 0.493 e. The summed E-state index contributed by atoms with van der Waals surface area (Å²) in [7, 11) is 0. The van der Waals surface area contributed by atoms with Crippen LogP contribution in [0.15, 0.2) is 42.2 Å². The second-order valence-electron chi connectivity index (χ2n) is 10.6. The number of nitrogens with one attached hydrogen (secondary N) is 1. The minimum absolute atomic E-state index is 0.194. The summed E-state index contributed by atoms with van der Waals surface area (Å²) in [6.45, 7) is 10.6. The molecule has 1 saturated heterocycles. The molecule has 1 aromatic carbocycles. The van der Waals surface area contributed by atoms with E-state index >= 15 is 0 Å². The number of nitrogens with zero attached hydrogens (tertiary/aromatic N) is 1. The van der Waals surface area contributed by atoms with Gasteiger partial charge in [0.2, 0.25) is 0 Å². The van der Waals surface area contributed by atoms with Gasteiger partial charge < -0.3 is 23.9 Å². The van der Waals surface area contributed by atoms with E-state index < -0.39 is 5.79 Å². The molecular formula is C28H35ClN2O5. The highest BCUT2D eigenvalue weighted by atomic mass is 35.5. The quantitative estimate of drug-likeness (QED) is 0.518. The van der Waals surface area contributed by atoms with Gasteiger partial charge in [0.05, 0.1) is 32.5 Å². The van der Waals surface area contributed by atoms with Crippen molar-refractivity contribution in [1.29, 1.82) is 0 Å². The van der Waals surface area contributed by atoms with Gasteiger partial charge in [-0.2, -0.15) is 0 Å². The van der Waals surface area contributed by atoms with Crippen LogP contribution in [0.2, 0.25) is 5.02 Å². The molecule has 36 heavy (non-hydrogen) atoms. The van der Waals surface area contributed by atoms with Gasteiger partial charge in [0.15, 0.2) is 5.79 Å². The number of fused-ring (bicyclic) bond motifs is 3. The molecule has 1 unspecified atom stereocenters. The molecule has 3 heterocycles. The fraction of sp³-hybridized carbons (Fsp3) is 0.536. The lowest BCUT2D eigenvalue weighted by molar-refractivity contribution is -0.265. The monoisotopic (exact) mass is 514 g/mol. The summed E-state index contributed by atoms with van der Waals surface area (Å²) in [6, 6.07) is 5.70. The van der Waals surface area contributed by atoms with Crippen LogP contribution in [-0.4, -0.2) is 54.7 Å². The summed E-state index contributed by atoms with van der Waals surface area (Å²) in [5.41, 5.74) is 2.96. The van der Waals surface area contributed by atoms with Gasteiger partial charge in [-0.25, -0.2) is 4.79 Å². The molecule has 2 atom stereocenters. The molecule has 1 amide bonds. The maximum atomic E-state index is 13.0. The lowest BCUT2D eigenvalue weighted by atomic mass is 9.72. The number of carbonyl (C=O) groups excluding carboxylic acids is 1. The molecule has 0 bridgehead atoms. The normalized spacial score (nSPS) is 26.0. The predicted molar refractivity (Wildman–Crippen MR) is 139 cm³/mol. The van der Waals surface area contributed by atoms with Gasteiger partial charge in [-0.3, -0.25) is 4.90 Å². The summed E-state index contributed by atoms with van der Waals surface area (Å²) in [5.74, 6) is 0.499. The van der Waals surface area contributed by atoms with Crippen LogP contribution in [0.1, 0.15) is 51.4 Å². The summed E-state index contributed by atoms with van der Waals surface area (Å²) in [6.07, 6.45) is 7.49. The minimum atomic E-state index is -0.528. The average Bonchev–Trinajstić information content (AvgIpc) is 3.21. The van der Waals surface area contributed by atoms with E-state index in [2.05, 4.69) is 24.1 Å². The molecule has 0 saturated carbocycles. The minimum Gasteiger partial charge on any atom is -0.493 e. The van der Waals surface area contributed by atoms with Gasteiger partial charge in [-0.05, 0) is 69.5 Å². The molecule has 2 aliphatic heterocycles. The molecule has 1 N–H and O–H groups in total. The van der Waals surface area contributed by atoms with Crippen LogP contribution >= 0.6 is 11.6 Å². The third kappa shape index (κ3) is 4.89. The van der Waals surface area contributed by atoms with E-state index in [-0.39, 0.29) is 23.5 Å². The molecular weight excluding hydrogens is 480 g/mol. The second kappa shape index (κ2) is 9.77. The Balaban J connectivity index is 1.37. The van der Waals surface area contributed by atoms with E-state index in [1.165, 1.54) is 5.56 Å². The van der Waals surface area contributed by atoms with Gasteiger partial charge in [0.25, 0.3) is 0 Å². The number of H-pyrrole nitrogens is 1. The molecule has 5 rings (SSSR count). The van der Waals surface area contributed by atoms with E-state index in [4.69, 9.17) is 30.5 Å². The molecule has 0 spiro atoms. The smallest absolute Gasteiger partial charge is 0.410 e. The molecule has 1 aliphatic carbocycles. The number of ether oxygens (including phenoxy) is 4. The van der Waals surface area contributed by atoms with Gasteiger partial charge >= 0.3 is 6.09 Å². The van der Waals surface area contributed by atoms with Crippen molar-refractivity contribution in [2.45, 2.75) is 52.4 Å². The summed E-state index contributed by atoms with van der Waals surface area (Å²) < 4.78 is 23.1. The van der Waals surface area contributed by atoms with Crippen molar-refractivity contribution in [3.8, 4) is 0 Å². The molecule has 3 aliphatic rings. The van der Waals surface area contributed by atoms with Gasteiger partial charge in [-0.15, -0.1) is 0 Å². The number of hydrogen-bond donors (Lipinski definition) is 1. The number of rotatable bonds is 5. The Morgan fingerprint density at radius 3 is 2.72 bits per heavy atom. The third-order valence-corrected chi connectivity index (χ3v) is 7.64.